The van der Waals surface area contributed by atoms with Gasteiger partial charge in [-0.2, -0.15) is 5.10 Å². The van der Waals surface area contributed by atoms with Crippen molar-refractivity contribution in [2.75, 3.05) is 0 Å². The largest absolute Gasteiger partial charge is 0.298 e. The van der Waals surface area contributed by atoms with Gasteiger partial charge in [0.05, 0.1) is 5.69 Å². The average molecular weight is 242 g/mol. The van der Waals surface area contributed by atoms with Gasteiger partial charge in [-0.15, -0.1) is 0 Å². The maximum atomic E-state index is 10.7. The van der Waals surface area contributed by atoms with Gasteiger partial charge in [-0.3, -0.25) is 9.48 Å². The fourth-order valence-electron chi connectivity index (χ4n) is 2.19. The lowest BCUT2D eigenvalue weighted by Crippen LogP contribution is -1.96. The van der Waals surface area contributed by atoms with Gasteiger partial charge in [-0.25, -0.2) is 0 Å². The summed E-state index contributed by atoms with van der Waals surface area (Å²) in [5, 5.41) is 4.51. The fourth-order valence-corrected chi connectivity index (χ4v) is 2.19. The lowest BCUT2D eigenvalue weighted by Gasteiger charge is -2.04. The molecule has 0 saturated carbocycles. The molecule has 0 aliphatic rings. The molecule has 94 valence electrons. The number of aryl methyl sites for hydroxylation is 3. The van der Waals surface area contributed by atoms with Gasteiger partial charge in [0, 0.05) is 23.9 Å². The van der Waals surface area contributed by atoms with E-state index >= 15 is 0 Å². The van der Waals surface area contributed by atoms with Gasteiger partial charge in [0.1, 0.15) is 6.29 Å². The Kier molecular flexibility index (Phi) is 3.60. The summed E-state index contributed by atoms with van der Waals surface area (Å²) in [6, 6.07) is 5.77. The number of carbonyl (C=O) groups excluding carboxylic acids is 1. The molecule has 0 fully saturated rings. The standard InChI is InChI=1S/C15H18N2O/c1-4-7-17-9-15(12(3)16-17)14-6-5-13(10-18)8-11(14)2/h5-6,8-10H,4,7H2,1-3H3. The van der Waals surface area contributed by atoms with E-state index in [1.165, 1.54) is 0 Å². The highest BCUT2D eigenvalue weighted by atomic mass is 16.1. The summed E-state index contributed by atoms with van der Waals surface area (Å²) in [5.41, 5.74) is 5.16. The van der Waals surface area contributed by atoms with E-state index in [0.29, 0.717) is 0 Å². The molecule has 3 heteroatoms. The molecule has 0 amide bonds. The van der Waals surface area contributed by atoms with Crippen LogP contribution in [0, 0.1) is 13.8 Å². The van der Waals surface area contributed by atoms with Crippen molar-refractivity contribution in [2.45, 2.75) is 33.7 Å². The van der Waals surface area contributed by atoms with Crippen molar-refractivity contribution < 1.29 is 4.79 Å². The average Bonchev–Trinajstić information content (AvgIpc) is 2.70. The first-order valence-electron chi connectivity index (χ1n) is 6.26. The Bertz CT molecular complexity index is 570. The van der Waals surface area contributed by atoms with Crippen molar-refractivity contribution in [3.05, 3.63) is 41.2 Å². The number of hydrogen-bond donors (Lipinski definition) is 0. The second-order valence-electron chi connectivity index (χ2n) is 4.58. The van der Waals surface area contributed by atoms with E-state index in [-0.39, 0.29) is 0 Å². The Hall–Kier alpha value is -1.90. The summed E-state index contributed by atoms with van der Waals surface area (Å²) in [7, 11) is 0. The molecule has 0 unspecified atom stereocenters. The van der Waals surface area contributed by atoms with Gasteiger partial charge < -0.3 is 0 Å². The zero-order chi connectivity index (χ0) is 13.1. The van der Waals surface area contributed by atoms with Crippen LogP contribution in [-0.4, -0.2) is 16.1 Å². The number of aldehydes is 1. The first-order chi connectivity index (χ1) is 8.65. The van der Waals surface area contributed by atoms with Gasteiger partial charge in [0.2, 0.25) is 0 Å². The molecule has 1 heterocycles. The second kappa shape index (κ2) is 5.17. The molecule has 1 aromatic carbocycles. The van der Waals surface area contributed by atoms with E-state index in [1.54, 1.807) is 0 Å². The Morgan fingerprint density at radius 3 is 2.67 bits per heavy atom. The van der Waals surface area contributed by atoms with Crippen LogP contribution in [0.3, 0.4) is 0 Å². The number of hydrogen-bond acceptors (Lipinski definition) is 2. The lowest BCUT2D eigenvalue weighted by molar-refractivity contribution is 0.112. The van der Waals surface area contributed by atoms with Crippen LogP contribution in [0.4, 0.5) is 0 Å². The SMILES string of the molecule is CCCn1cc(-c2ccc(C=O)cc2C)c(C)n1. The zero-order valence-corrected chi connectivity index (χ0v) is 11.1. The van der Waals surface area contributed by atoms with Crippen molar-refractivity contribution in [2.24, 2.45) is 0 Å². The summed E-state index contributed by atoms with van der Waals surface area (Å²) < 4.78 is 1.98. The number of rotatable bonds is 4. The topological polar surface area (TPSA) is 34.9 Å². The second-order valence-corrected chi connectivity index (χ2v) is 4.58. The fraction of sp³-hybridized carbons (Fsp3) is 0.333. The Morgan fingerprint density at radius 1 is 1.28 bits per heavy atom. The van der Waals surface area contributed by atoms with Gasteiger partial charge in [0.15, 0.2) is 0 Å². The van der Waals surface area contributed by atoms with Crippen LogP contribution < -0.4 is 0 Å². The molecule has 1 aromatic heterocycles. The third-order valence-electron chi connectivity index (χ3n) is 3.08. The maximum absolute atomic E-state index is 10.7. The van der Waals surface area contributed by atoms with Crippen molar-refractivity contribution in [3.63, 3.8) is 0 Å². The van der Waals surface area contributed by atoms with E-state index in [4.69, 9.17) is 0 Å². The Morgan fingerprint density at radius 2 is 2.06 bits per heavy atom. The van der Waals surface area contributed by atoms with E-state index in [9.17, 15) is 4.79 Å². The summed E-state index contributed by atoms with van der Waals surface area (Å²) in [6.07, 6.45) is 4.04. The molecule has 3 nitrogen and oxygen atoms in total. The van der Waals surface area contributed by atoms with Crippen molar-refractivity contribution in [3.8, 4) is 11.1 Å². The summed E-state index contributed by atoms with van der Waals surface area (Å²) in [4.78, 5) is 10.7. The molecule has 0 aliphatic carbocycles. The number of aromatic nitrogens is 2. The number of nitrogens with zero attached hydrogens (tertiary/aromatic N) is 2. The molecule has 2 aromatic rings. The Labute approximate surface area is 107 Å². The molecule has 18 heavy (non-hydrogen) atoms. The lowest BCUT2D eigenvalue weighted by atomic mass is 9.99. The highest BCUT2D eigenvalue weighted by Gasteiger charge is 2.09. The molecule has 0 spiro atoms. The van der Waals surface area contributed by atoms with E-state index in [0.717, 1.165) is 47.2 Å². The van der Waals surface area contributed by atoms with E-state index in [2.05, 4.69) is 18.2 Å². The van der Waals surface area contributed by atoms with E-state index < -0.39 is 0 Å². The molecule has 0 bridgehead atoms. The normalized spacial score (nSPS) is 10.6. The smallest absolute Gasteiger partial charge is 0.150 e. The van der Waals surface area contributed by atoms with Crippen LogP contribution in [0.2, 0.25) is 0 Å². The molecule has 0 saturated heterocycles. The zero-order valence-electron chi connectivity index (χ0n) is 11.1. The van der Waals surface area contributed by atoms with Crippen LogP contribution in [0.15, 0.2) is 24.4 Å². The Balaban J connectivity index is 2.44. The van der Waals surface area contributed by atoms with Crippen LogP contribution in [0.5, 0.6) is 0 Å². The summed E-state index contributed by atoms with van der Waals surface area (Å²) >= 11 is 0. The third-order valence-corrected chi connectivity index (χ3v) is 3.08. The summed E-state index contributed by atoms with van der Waals surface area (Å²) in [5.74, 6) is 0. The van der Waals surface area contributed by atoms with Crippen molar-refractivity contribution >= 4 is 6.29 Å². The highest BCUT2D eigenvalue weighted by molar-refractivity contribution is 5.78. The minimum Gasteiger partial charge on any atom is -0.298 e. The molecule has 0 aliphatic heterocycles. The van der Waals surface area contributed by atoms with E-state index in [1.807, 2.05) is 36.7 Å². The molecular formula is C15H18N2O. The van der Waals surface area contributed by atoms with Gasteiger partial charge in [-0.1, -0.05) is 19.1 Å². The van der Waals surface area contributed by atoms with Gasteiger partial charge >= 0.3 is 0 Å². The highest BCUT2D eigenvalue weighted by Crippen LogP contribution is 2.26. The maximum Gasteiger partial charge on any atom is 0.150 e. The van der Waals surface area contributed by atoms with Crippen LogP contribution in [-0.2, 0) is 6.54 Å². The molecule has 0 atom stereocenters. The van der Waals surface area contributed by atoms with Gasteiger partial charge in [0.25, 0.3) is 0 Å². The number of benzene rings is 1. The predicted octanol–water partition coefficient (Wildman–Crippen LogP) is 3.39. The number of carbonyl (C=O) groups is 1. The molecule has 2 rings (SSSR count). The van der Waals surface area contributed by atoms with Crippen LogP contribution in [0.25, 0.3) is 11.1 Å². The molecule has 0 N–H and O–H groups in total. The van der Waals surface area contributed by atoms with Crippen LogP contribution >= 0.6 is 0 Å². The predicted molar refractivity (Wildman–Crippen MR) is 72.8 cm³/mol. The van der Waals surface area contributed by atoms with Crippen molar-refractivity contribution in [1.29, 1.82) is 0 Å². The van der Waals surface area contributed by atoms with Gasteiger partial charge in [-0.05, 0) is 37.5 Å². The molecule has 0 radical (unpaired) electrons. The third kappa shape index (κ3) is 2.35. The van der Waals surface area contributed by atoms with Crippen LogP contribution in [0.1, 0.15) is 35.0 Å². The van der Waals surface area contributed by atoms with Crippen molar-refractivity contribution in [1.82, 2.24) is 9.78 Å². The molecular weight excluding hydrogens is 224 g/mol. The monoisotopic (exact) mass is 242 g/mol. The minimum absolute atomic E-state index is 0.717. The summed E-state index contributed by atoms with van der Waals surface area (Å²) in [6.45, 7) is 7.13. The quantitative estimate of drug-likeness (QED) is 0.770. The first-order valence-corrected chi connectivity index (χ1v) is 6.26. The first kappa shape index (κ1) is 12.6. The minimum atomic E-state index is 0.717.